The summed E-state index contributed by atoms with van der Waals surface area (Å²) in [5.41, 5.74) is 3.35. The number of nitrogens with one attached hydrogen (secondary N) is 1. The third-order valence-electron chi connectivity index (χ3n) is 2.42. The molecule has 2 aromatic heterocycles. The molecular formula is C13H15N3. The first-order valence-electron chi connectivity index (χ1n) is 5.33. The van der Waals surface area contributed by atoms with E-state index in [1.54, 1.807) is 6.20 Å². The zero-order chi connectivity index (χ0) is 11.4. The summed E-state index contributed by atoms with van der Waals surface area (Å²) in [4.78, 5) is 8.60. The smallest absolute Gasteiger partial charge is 0.129 e. The maximum absolute atomic E-state index is 4.33. The number of pyridine rings is 2. The Hall–Kier alpha value is -1.90. The molecule has 0 atom stereocenters. The quantitative estimate of drug-likeness (QED) is 0.851. The summed E-state index contributed by atoms with van der Waals surface area (Å²) in [6.45, 7) is 4.78. The van der Waals surface area contributed by atoms with Crippen molar-refractivity contribution in [3.8, 4) is 0 Å². The maximum Gasteiger partial charge on any atom is 0.129 e. The summed E-state index contributed by atoms with van der Waals surface area (Å²) in [6.07, 6.45) is 3.67. The molecule has 2 rings (SSSR count). The average molecular weight is 213 g/mol. The molecule has 0 amide bonds. The fraction of sp³-hybridized carbons (Fsp3) is 0.231. The number of aromatic nitrogens is 2. The van der Waals surface area contributed by atoms with E-state index in [-0.39, 0.29) is 0 Å². The van der Waals surface area contributed by atoms with Gasteiger partial charge in [0, 0.05) is 12.4 Å². The molecule has 0 bridgehead atoms. The fourth-order valence-corrected chi connectivity index (χ4v) is 1.45. The number of rotatable bonds is 3. The van der Waals surface area contributed by atoms with Gasteiger partial charge in [-0.3, -0.25) is 4.98 Å². The van der Waals surface area contributed by atoms with Gasteiger partial charge in [0.2, 0.25) is 0 Å². The predicted octanol–water partition coefficient (Wildman–Crippen LogP) is 2.71. The van der Waals surface area contributed by atoms with Gasteiger partial charge in [-0.25, -0.2) is 4.98 Å². The number of nitrogens with zero attached hydrogens (tertiary/aromatic N) is 2. The van der Waals surface area contributed by atoms with Crippen LogP contribution in [0, 0.1) is 13.8 Å². The van der Waals surface area contributed by atoms with E-state index in [9.17, 15) is 0 Å². The molecule has 82 valence electrons. The van der Waals surface area contributed by atoms with Crippen LogP contribution in [0.1, 0.15) is 16.8 Å². The van der Waals surface area contributed by atoms with Crippen molar-refractivity contribution in [1.29, 1.82) is 0 Å². The molecule has 0 aliphatic rings. The van der Waals surface area contributed by atoms with Gasteiger partial charge in [0.25, 0.3) is 0 Å². The third kappa shape index (κ3) is 2.57. The lowest BCUT2D eigenvalue weighted by Crippen LogP contribution is -2.04. The summed E-state index contributed by atoms with van der Waals surface area (Å²) in [5.74, 6) is 0.921. The zero-order valence-corrected chi connectivity index (χ0v) is 9.57. The number of aryl methyl sites for hydroxylation is 2. The Labute approximate surface area is 95.6 Å². The van der Waals surface area contributed by atoms with Gasteiger partial charge in [-0.15, -0.1) is 0 Å². The van der Waals surface area contributed by atoms with Gasteiger partial charge in [0.1, 0.15) is 5.82 Å². The molecule has 0 radical (unpaired) electrons. The molecule has 0 spiro atoms. The molecule has 3 heteroatoms. The molecule has 1 N–H and O–H groups in total. The van der Waals surface area contributed by atoms with Gasteiger partial charge in [-0.05, 0) is 37.1 Å². The van der Waals surface area contributed by atoms with Crippen molar-refractivity contribution in [2.24, 2.45) is 0 Å². The van der Waals surface area contributed by atoms with E-state index in [1.807, 2.05) is 38.2 Å². The normalized spacial score (nSPS) is 10.1. The average Bonchev–Trinajstić information content (AvgIpc) is 2.30. The predicted molar refractivity (Wildman–Crippen MR) is 65.3 cm³/mol. The van der Waals surface area contributed by atoms with Gasteiger partial charge in [-0.1, -0.05) is 12.1 Å². The zero-order valence-electron chi connectivity index (χ0n) is 9.57. The molecule has 2 aromatic rings. The molecule has 0 unspecified atom stereocenters. The Bertz CT molecular complexity index is 463. The molecule has 3 nitrogen and oxygen atoms in total. The lowest BCUT2D eigenvalue weighted by Gasteiger charge is -2.07. The largest absolute Gasteiger partial charge is 0.364 e. The number of anilines is 1. The maximum atomic E-state index is 4.33. The van der Waals surface area contributed by atoms with E-state index in [2.05, 4.69) is 21.4 Å². The number of hydrogen-bond donors (Lipinski definition) is 1. The summed E-state index contributed by atoms with van der Waals surface area (Å²) >= 11 is 0. The molecule has 16 heavy (non-hydrogen) atoms. The molecule has 0 aliphatic heterocycles. The highest BCUT2D eigenvalue weighted by molar-refractivity contribution is 5.42. The van der Waals surface area contributed by atoms with Crippen LogP contribution in [-0.2, 0) is 6.54 Å². The molecule has 0 saturated heterocycles. The van der Waals surface area contributed by atoms with Gasteiger partial charge >= 0.3 is 0 Å². The van der Waals surface area contributed by atoms with E-state index in [0.717, 1.165) is 17.1 Å². The second-order valence-corrected chi connectivity index (χ2v) is 3.85. The van der Waals surface area contributed by atoms with Crippen molar-refractivity contribution in [3.63, 3.8) is 0 Å². The van der Waals surface area contributed by atoms with Crippen LogP contribution >= 0.6 is 0 Å². The minimum atomic E-state index is 0.706. The van der Waals surface area contributed by atoms with E-state index >= 15 is 0 Å². The topological polar surface area (TPSA) is 37.8 Å². The Balaban J connectivity index is 2.02. The highest BCUT2D eigenvalue weighted by atomic mass is 15.0. The SMILES string of the molecule is Cc1ccc(CNc2ncccc2C)nc1. The highest BCUT2D eigenvalue weighted by Crippen LogP contribution is 2.10. The second-order valence-electron chi connectivity index (χ2n) is 3.85. The summed E-state index contributed by atoms with van der Waals surface area (Å²) in [5, 5.41) is 3.28. The molecule has 0 fully saturated rings. The Morgan fingerprint density at radius 1 is 1.12 bits per heavy atom. The Kier molecular flexibility index (Phi) is 3.15. The van der Waals surface area contributed by atoms with E-state index in [1.165, 1.54) is 5.56 Å². The van der Waals surface area contributed by atoms with Crippen LogP contribution in [0.2, 0.25) is 0 Å². The van der Waals surface area contributed by atoms with Crippen molar-refractivity contribution < 1.29 is 0 Å². The van der Waals surface area contributed by atoms with Crippen LogP contribution in [0.15, 0.2) is 36.7 Å². The summed E-state index contributed by atoms with van der Waals surface area (Å²) in [7, 11) is 0. The van der Waals surface area contributed by atoms with Crippen molar-refractivity contribution in [3.05, 3.63) is 53.5 Å². The van der Waals surface area contributed by atoms with Crippen molar-refractivity contribution >= 4 is 5.82 Å². The van der Waals surface area contributed by atoms with Crippen LogP contribution < -0.4 is 5.32 Å². The third-order valence-corrected chi connectivity index (χ3v) is 2.42. The number of hydrogen-bond acceptors (Lipinski definition) is 3. The van der Waals surface area contributed by atoms with Crippen LogP contribution in [0.4, 0.5) is 5.82 Å². The minimum Gasteiger partial charge on any atom is -0.364 e. The fourth-order valence-electron chi connectivity index (χ4n) is 1.45. The molecule has 0 saturated carbocycles. The van der Waals surface area contributed by atoms with Gasteiger partial charge in [-0.2, -0.15) is 0 Å². The van der Waals surface area contributed by atoms with Crippen molar-refractivity contribution in [2.45, 2.75) is 20.4 Å². The van der Waals surface area contributed by atoms with Gasteiger partial charge in [0.05, 0.1) is 12.2 Å². The Morgan fingerprint density at radius 3 is 2.69 bits per heavy atom. The highest BCUT2D eigenvalue weighted by Gasteiger charge is 1.98. The standard InChI is InChI=1S/C13H15N3/c1-10-5-6-12(15-8-10)9-16-13-11(2)4-3-7-14-13/h3-8H,9H2,1-2H3,(H,14,16). The van der Waals surface area contributed by atoms with Crippen LogP contribution in [-0.4, -0.2) is 9.97 Å². The molecule has 2 heterocycles. The summed E-state index contributed by atoms with van der Waals surface area (Å²) < 4.78 is 0. The van der Waals surface area contributed by atoms with Crippen molar-refractivity contribution in [1.82, 2.24) is 9.97 Å². The van der Waals surface area contributed by atoms with Crippen molar-refractivity contribution in [2.75, 3.05) is 5.32 Å². The van der Waals surface area contributed by atoms with Gasteiger partial charge < -0.3 is 5.32 Å². The first-order chi connectivity index (χ1) is 7.75. The monoisotopic (exact) mass is 213 g/mol. The van der Waals surface area contributed by atoms with Crippen LogP contribution in [0.25, 0.3) is 0 Å². The lowest BCUT2D eigenvalue weighted by molar-refractivity contribution is 1.02. The van der Waals surface area contributed by atoms with Crippen LogP contribution in [0.5, 0.6) is 0 Å². The second kappa shape index (κ2) is 4.75. The first-order valence-corrected chi connectivity index (χ1v) is 5.33. The van der Waals surface area contributed by atoms with E-state index in [0.29, 0.717) is 6.54 Å². The minimum absolute atomic E-state index is 0.706. The lowest BCUT2D eigenvalue weighted by atomic mass is 10.2. The molecule has 0 aliphatic carbocycles. The van der Waals surface area contributed by atoms with Gasteiger partial charge in [0.15, 0.2) is 0 Å². The first kappa shape index (κ1) is 10.6. The molecular weight excluding hydrogens is 198 g/mol. The Morgan fingerprint density at radius 2 is 2.00 bits per heavy atom. The van der Waals surface area contributed by atoms with E-state index < -0.39 is 0 Å². The molecule has 0 aromatic carbocycles. The van der Waals surface area contributed by atoms with Crippen LogP contribution in [0.3, 0.4) is 0 Å². The summed E-state index contributed by atoms with van der Waals surface area (Å²) in [6, 6.07) is 8.07. The van der Waals surface area contributed by atoms with E-state index in [4.69, 9.17) is 0 Å².